The quantitative estimate of drug-likeness (QED) is 0.643. The van der Waals surface area contributed by atoms with Crippen molar-refractivity contribution in [1.82, 2.24) is 9.97 Å². The topological polar surface area (TPSA) is 50.5 Å². The number of hydrogen-bond donors (Lipinski definition) is 0. The number of aliphatic imine (C=N–C) groups is 2. The van der Waals surface area contributed by atoms with Crippen LogP contribution in [0, 0.1) is 23.7 Å². The number of nitrogens with zero attached hydrogens (tertiary/aromatic N) is 4. The van der Waals surface area contributed by atoms with E-state index in [2.05, 4.69) is 43.6 Å². The van der Waals surface area contributed by atoms with Crippen LogP contribution in [0.2, 0.25) is 0 Å². The summed E-state index contributed by atoms with van der Waals surface area (Å²) in [5.41, 5.74) is 1.65. The first-order valence-electron chi connectivity index (χ1n) is 7.38. The Labute approximate surface area is 142 Å². The molecule has 0 aromatic carbocycles. The third-order valence-corrected chi connectivity index (χ3v) is 2.62. The summed E-state index contributed by atoms with van der Waals surface area (Å²) >= 11 is 0. The third kappa shape index (κ3) is 7.49. The van der Waals surface area contributed by atoms with Gasteiger partial charge in [0.05, 0.1) is 11.4 Å². The fourth-order valence-corrected chi connectivity index (χ4v) is 1.57. The second-order valence-corrected chi connectivity index (χ2v) is 4.42. The predicted molar refractivity (Wildman–Crippen MR) is 98.1 cm³/mol. The molecule has 2 aromatic heterocycles. The standard InChI is InChI=1S/C20H16N4/c1(3-7-13-21-17-19-11-5-9-15-23-19)2-4-8-14-22-18-20-12-6-10-16-24-20/h1-2,5-6,9-12,15-18H,13-14H2/b2-1-,21-17-,22-18-. The van der Waals surface area contributed by atoms with Crippen LogP contribution in [0.25, 0.3) is 0 Å². The zero-order valence-electron chi connectivity index (χ0n) is 13.1. The number of hydrogen-bond acceptors (Lipinski definition) is 4. The number of pyridine rings is 2. The molecule has 0 atom stereocenters. The minimum atomic E-state index is 0.433. The van der Waals surface area contributed by atoms with E-state index in [-0.39, 0.29) is 0 Å². The largest absolute Gasteiger partial charge is 0.278 e. The molecule has 4 nitrogen and oxygen atoms in total. The molecule has 2 heterocycles. The average Bonchev–Trinajstić information content (AvgIpc) is 2.64. The van der Waals surface area contributed by atoms with Gasteiger partial charge in [0.1, 0.15) is 13.1 Å². The van der Waals surface area contributed by atoms with Gasteiger partial charge >= 0.3 is 0 Å². The van der Waals surface area contributed by atoms with Crippen LogP contribution in [0.5, 0.6) is 0 Å². The summed E-state index contributed by atoms with van der Waals surface area (Å²) in [6.07, 6.45) is 10.3. The molecule has 4 heteroatoms. The summed E-state index contributed by atoms with van der Waals surface area (Å²) in [5, 5.41) is 0. The van der Waals surface area contributed by atoms with E-state index in [9.17, 15) is 0 Å². The van der Waals surface area contributed by atoms with E-state index in [0.717, 1.165) is 11.4 Å². The number of allylic oxidation sites excluding steroid dienone is 2. The van der Waals surface area contributed by atoms with Gasteiger partial charge in [0.25, 0.3) is 0 Å². The van der Waals surface area contributed by atoms with Crippen molar-refractivity contribution in [2.75, 3.05) is 13.1 Å². The van der Waals surface area contributed by atoms with Gasteiger partial charge in [-0.1, -0.05) is 35.8 Å². The second kappa shape index (κ2) is 11.1. The third-order valence-electron chi connectivity index (χ3n) is 2.62. The van der Waals surface area contributed by atoms with Crippen LogP contribution in [-0.2, 0) is 0 Å². The zero-order valence-corrected chi connectivity index (χ0v) is 13.1. The molecule has 0 unspecified atom stereocenters. The van der Waals surface area contributed by atoms with Crippen molar-refractivity contribution in [3.63, 3.8) is 0 Å². The highest BCUT2D eigenvalue weighted by molar-refractivity contribution is 5.77. The van der Waals surface area contributed by atoms with Gasteiger partial charge in [-0.15, -0.1) is 0 Å². The fourth-order valence-electron chi connectivity index (χ4n) is 1.57. The molecule has 0 fully saturated rings. The Morgan fingerprint density at radius 3 is 1.67 bits per heavy atom. The molecule has 0 saturated heterocycles. The lowest BCUT2D eigenvalue weighted by molar-refractivity contribution is 1.26. The Morgan fingerprint density at radius 1 is 0.750 bits per heavy atom. The van der Waals surface area contributed by atoms with Gasteiger partial charge in [-0.3, -0.25) is 20.0 Å². The van der Waals surface area contributed by atoms with Crippen LogP contribution in [-0.4, -0.2) is 35.5 Å². The molecule has 116 valence electrons. The minimum Gasteiger partial charge on any atom is -0.278 e. The highest BCUT2D eigenvalue weighted by Gasteiger charge is 1.83. The summed E-state index contributed by atoms with van der Waals surface area (Å²) in [7, 11) is 0. The van der Waals surface area contributed by atoms with Crippen LogP contribution in [0.4, 0.5) is 0 Å². The molecule has 0 saturated carbocycles. The first-order chi connectivity index (χ1) is 11.9. The van der Waals surface area contributed by atoms with Crippen LogP contribution in [0.3, 0.4) is 0 Å². The van der Waals surface area contributed by atoms with Crippen molar-refractivity contribution in [3.8, 4) is 23.7 Å². The highest BCUT2D eigenvalue weighted by Crippen LogP contribution is 1.88. The summed E-state index contributed by atoms with van der Waals surface area (Å²) in [6, 6.07) is 11.4. The maximum Gasteiger partial charge on any atom is 0.100 e. The molecule has 0 radical (unpaired) electrons. The Balaban J connectivity index is 1.65. The summed E-state index contributed by atoms with van der Waals surface area (Å²) in [5.74, 6) is 11.6. The first kappa shape index (κ1) is 16.9. The van der Waals surface area contributed by atoms with Crippen molar-refractivity contribution in [3.05, 3.63) is 72.3 Å². The van der Waals surface area contributed by atoms with Gasteiger partial charge in [0.2, 0.25) is 0 Å². The van der Waals surface area contributed by atoms with Crippen molar-refractivity contribution in [2.45, 2.75) is 0 Å². The first-order valence-corrected chi connectivity index (χ1v) is 7.38. The monoisotopic (exact) mass is 312 g/mol. The maximum atomic E-state index is 4.17. The Bertz CT molecular complexity index is 742. The lowest BCUT2D eigenvalue weighted by Crippen LogP contribution is -1.85. The van der Waals surface area contributed by atoms with Crippen LogP contribution in [0.15, 0.2) is 70.9 Å². The molecule has 0 aliphatic heterocycles. The summed E-state index contributed by atoms with van der Waals surface area (Å²) < 4.78 is 0. The molecule has 0 bridgehead atoms. The SMILES string of the molecule is C(#CC/N=C\c1ccccn1)/C=C\C#CC/N=C\c1ccccn1. The molecule has 2 aromatic rings. The van der Waals surface area contributed by atoms with Crippen LogP contribution >= 0.6 is 0 Å². The lowest BCUT2D eigenvalue weighted by Gasteiger charge is -1.87. The molecule has 0 N–H and O–H groups in total. The van der Waals surface area contributed by atoms with Gasteiger partial charge in [0, 0.05) is 24.8 Å². The zero-order chi connectivity index (χ0) is 16.7. The lowest BCUT2D eigenvalue weighted by atomic mass is 10.4. The Kier molecular flexibility index (Phi) is 7.81. The van der Waals surface area contributed by atoms with Gasteiger partial charge in [-0.05, 0) is 36.4 Å². The van der Waals surface area contributed by atoms with E-state index >= 15 is 0 Å². The number of aromatic nitrogens is 2. The second-order valence-electron chi connectivity index (χ2n) is 4.42. The van der Waals surface area contributed by atoms with Crippen molar-refractivity contribution >= 4 is 12.4 Å². The van der Waals surface area contributed by atoms with Crippen molar-refractivity contribution in [2.24, 2.45) is 9.98 Å². The fraction of sp³-hybridized carbons (Fsp3) is 0.100. The van der Waals surface area contributed by atoms with E-state index in [1.165, 1.54) is 0 Å². The average molecular weight is 312 g/mol. The maximum absolute atomic E-state index is 4.17. The molecule has 0 spiro atoms. The van der Waals surface area contributed by atoms with E-state index in [1.54, 1.807) is 37.0 Å². The van der Waals surface area contributed by atoms with Gasteiger partial charge in [0.15, 0.2) is 0 Å². The van der Waals surface area contributed by atoms with Gasteiger partial charge in [-0.25, -0.2) is 0 Å². The van der Waals surface area contributed by atoms with Crippen LogP contribution in [0.1, 0.15) is 11.4 Å². The molecular weight excluding hydrogens is 296 g/mol. The molecular formula is C20H16N4. The Morgan fingerprint density at radius 2 is 1.25 bits per heavy atom. The number of rotatable bonds is 4. The normalized spacial score (nSPS) is 10.5. The highest BCUT2D eigenvalue weighted by atomic mass is 14.7. The molecule has 0 amide bonds. The minimum absolute atomic E-state index is 0.433. The van der Waals surface area contributed by atoms with Gasteiger partial charge < -0.3 is 0 Å². The van der Waals surface area contributed by atoms with E-state index < -0.39 is 0 Å². The molecule has 2 rings (SSSR count). The van der Waals surface area contributed by atoms with E-state index in [4.69, 9.17) is 0 Å². The summed E-state index contributed by atoms with van der Waals surface area (Å²) in [6.45, 7) is 0.866. The Hall–Kier alpha value is -3.50. The smallest absolute Gasteiger partial charge is 0.100 e. The van der Waals surface area contributed by atoms with Crippen molar-refractivity contribution in [1.29, 1.82) is 0 Å². The molecule has 0 aliphatic rings. The van der Waals surface area contributed by atoms with Crippen LogP contribution < -0.4 is 0 Å². The molecule has 24 heavy (non-hydrogen) atoms. The predicted octanol–water partition coefficient (Wildman–Crippen LogP) is 2.58. The molecule has 0 aliphatic carbocycles. The van der Waals surface area contributed by atoms with Gasteiger partial charge in [-0.2, -0.15) is 0 Å². The van der Waals surface area contributed by atoms with Crippen molar-refractivity contribution < 1.29 is 0 Å². The summed E-state index contributed by atoms with van der Waals surface area (Å²) in [4.78, 5) is 16.6. The van der Waals surface area contributed by atoms with E-state index in [1.807, 2.05) is 36.4 Å². The van der Waals surface area contributed by atoms with E-state index in [0.29, 0.717) is 13.1 Å².